The number of nitrogens with zero attached hydrogens (tertiary/aromatic N) is 3. The maximum absolute atomic E-state index is 12.4. The zero-order chi connectivity index (χ0) is 20.7. The first-order valence-electron chi connectivity index (χ1n) is 8.27. The summed E-state index contributed by atoms with van der Waals surface area (Å²) in [5, 5.41) is 11.4. The molecule has 2 rings (SSSR count). The minimum atomic E-state index is -1.06. The predicted molar refractivity (Wildman–Crippen MR) is 106 cm³/mol. The Balaban J connectivity index is 2.02. The van der Waals surface area contributed by atoms with Gasteiger partial charge in [-0.1, -0.05) is 12.1 Å². The van der Waals surface area contributed by atoms with E-state index in [9.17, 15) is 19.6 Å². The molecule has 9 heteroatoms. The molecular formula is C19H19N3O4S2. The monoisotopic (exact) mass is 417 g/mol. The topological polar surface area (TPSA) is 100 Å². The molecule has 1 amide bonds. The summed E-state index contributed by atoms with van der Waals surface area (Å²) in [6.45, 7) is 1.25. The number of rotatable bonds is 8. The van der Waals surface area contributed by atoms with Crippen molar-refractivity contribution in [3.8, 4) is 6.07 Å². The van der Waals surface area contributed by atoms with E-state index < -0.39 is 24.3 Å². The molecule has 0 aliphatic heterocycles. The summed E-state index contributed by atoms with van der Waals surface area (Å²) in [6, 6.07) is 8.62. The zero-order valence-electron chi connectivity index (χ0n) is 15.7. The molecule has 7 nitrogen and oxygen atoms in total. The molecule has 0 radical (unpaired) electrons. The number of esters is 1. The van der Waals surface area contributed by atoms with Gasteiger partial charge < -0.3 is 9.64 Å². The lowest BCUT2D eigenvalue weighted by molar-refractivity contribution is -0.126. The predicted octanol–water partition coefficient (Wildman–Crippen LogP) is 2.67. The molecule has 0 spiro atoms. The fraction of sp³-hybridized carbons (Fsp3) is 0.316. The number of aryl methyl sites for hydroxylation is 1. The van der Waals surface area contributed by atoms with Crippen LogP contribution in [-0.4, -0.2) is 54.0 Å². The molecule has 0 fully saturated rings. The smallest absolute Gasteiger partial charge is 0.339 e. The van der Waals surface area contributed by atoms with Gasteiger partial charge in [0.05, 0.1) is 17.4 Å². The molecule has 1 atom stereocenters. The van der Waals surface area contributed by atoms with Crippen molar-refractivity contribution in [2.24, 2.45) is 0 Å². The van der Waals surface area contributed by atoms with E-state index in [1.165, 1.54) is 28.0 Å². The molecule has 0 N–H and O–H groups in total. The molecule has 0 aliphatic carbocycles. The molecule has 1 heterocycles. The van der Waals surface area contributed by atoms with E-state index in [0.29, 0.717) is 9.90 Å². The summed E-state index contributed by atoms with van der Waals surface area (Å²) in [4.78, 5) is 42.7. The first-order valence-corrected chi connectivity index (χ1v) is 10.1. The van der Waals surface area contributed by atoms with Gasteiger partial charge >= 0.3 is 5.97 Å². The fourth-order valence-electron chi connectivity index (χ4n) is 2.10. The number of Topliss-reactive ketones (excluding diaryl/α,β-unsaturated/α-hetero) is 1. The molecule has 0 saturated carbocycles. The Morgan fingerprint density at radius 3 is 2.64 bits per heavy atom. The first kappa shape index (κ1) is 21.6. The van der Waals surface area contributed by atoms with Crippen molar-refractivity contribution in [3.63, 3.8) is 0 Å². The second-order valence-corrected chi connectivity index (χ2v) is 7.91. The number of carbonyl (C=O) groups is 3. The van der Waals surface area contributed by atoms with Crippen LogP contribution in [0.25, 0.3) is 0 Å². The van der Waals surface area contributed by atoms with Gasteiger partial charge in [-0.3, -0.25) is 9.59 Å². The molecule has 0 saturated heterocycles. The van der Waals surface area contributed by atoms with Crippen LogP contribution in [0.5, 0.6) is 0 Å². The average Bonchev–Trinajstić information content (AvgIpc) is 3.10. The quantitative estimate of drug-likeness (QED) is 0.481. The maximum Gasteiger partial charge on any atom is 0.339 e. The number of benzene rings is 1. The third-order valence-corrected chi connectivity index (χ3v) is 5.72. The van der Waals surface area contributed by atoms with Crippen LogP contribution in [0.15, 0.2) is 34.5 Å². The molecule has 0 aliphatic rings. The molecule has 0 unspecified atom stereocenters. The van der Waals surface area contributed by atoms with Gasteiger partial charge in [-0.2, -0.15) is 5.26 Å². The van der Waals surface area contributed by atoms with Gasteiger partial charge in [-0.05, 0) is 19.1 Å². The van der Waals surface area contributed by atoms with Gasteiger partial charge in [0.15, 0.2) is 18.3 Å². The lowest BCUT2D eigenvalue weighted by Gasteiger charge is -2.12. The summed E-state index contributed by atoms with van der Waals surface area (Å²) in [7, 11) is 3.31. The lowest BCUT2D eigenvalue weighted by Crippen LogP contribution is -2.23. The minimum absolute atomic E-state index is 0.0843. The van der Waals surface area contributed by atoms with Gasteiger partial charge in [0.1, 0.15) is 5.01 Å². The fourth-order valence-corrected chi connectivity index (χ4v) is 3.98. The van der Waals surface area contributed by atoms with Crippen LogP contribution in [-0.2, 0) is 14.3 Å². The highest BCUT2D eigenvalue weighted by molar-refractivity contribution is 8.00. The molecular weight excluding hydrogens is 398 g/mol. The molecule has 1 aromatic carbocycles. The Hall–Kier alpha value is -2.70. The lowest BCUT2D eigenvalue weighted by atomic mass is 10.1. The summed E-state index contributed by atoms with van der Waals surface area (Å²) >= 11 is 2.44. The van der Waals surface area contributed by atoms with Gasteiger partial charge in [0.25, 0.3) is 0 Å². The Kier molecular flexibility index (Phi) is 7.72. The van der Waals surface area contributed by atoms with E-state index in [1.54, 1.807) is 50.7 Å². The number of thiazole rings is 1. The minimum Gasteiger partial charge on any atom is -0.454 e. The molecule has 1 aromatic heterocycles. The molecule has 0 bridgehead atoms. The number of thioether (sulfide) groups is 1. The zero-order valence-corrected chi connectivity index (χ0v) is 17.3. The highest BCUT2D eigenvalue weighted by atomic mass is 32.2. The first-order chi connectivity index (χ1) is 13.3. The van der Waals surface area contributed by atoms with Crippen LogP contribution in [0.2, 0.25) is 0 Å². The third kappa shape index (κ3) is 5.65. The number of aromatic nitrogens is 1. The van der Waals surface area contributed by atoms with Crippen molar-refractivity contribution in [2.75, 3.05) is 26.5 Å². The van der Waals surface area contributed by atoms with Crippen LogP contribution in [0.4, 0.5) is 0 Å². The second kappa shape index (κ2) is 10.0. The maximum atomic E-state index is 12.4. The van der Waals surface area contributed by atoms with E-state index >= 15 is 0 Å². The molecule has 2 aromatic rings. The summed E-state index contributed by atoms with van der Waals surface area (Å²) in [5.41, 5.74) is 0.994. The van der Waals surface area contributed by atoms with Crippen LogP contribution in [0, 0.1) is 18.3 Å². The van der Waals surface area contributed by atoms with E-state index in [1.807, 2.05) is 6.07 Å². The normalized spacial score (nSPS) is 11.4. The standard InChI is InChI=1S/C19H19N3O4S2/c1-12-10-28-18(21-12)14(8-20)15(23)9-26-19(25)13-6-4-5-7-16(13)27-11-17(24)22(2)3/h4-7,10,14H,9,11H2,1-3H3/t14-/m1/s1. The van der Waals surface area contributed by atoms with E-state index in [4.69, 9.17) is 4.74 Å². The highest BCUT2D eigenvalue weighted by Crippen LogP contribution is 2.24. The van der Waals surface area contributed by atoms with Gasteiger partial charge in [0.2, 0.25) is 5.91 Å². The molecule has 146 valence electrons. The Labute approximate surface area is 171 Å². The van der Waals surface area contributed by atoms with Gasteiger partial charge in [-0.15, -0.1) is 23.1 Å². The molecule has 28 heavy (non-hydrogen) atoms. The van der Waals surface area contributed by atoms with Crippen molar-refractivity contribution in [1.82, 2.24) is 9.88 Å². The Bertz CT molecular complexity index is 918. The van der Waals surface area contributed by atoms with Crippen molar-refractivity contribution in [1.29, 1.82) is 5.26 Å². The van der Waals surface area contributed by atoms with E-state index in [2.05, 4.69) is 4.98 Å². The number of ketones is 1. The van der Waals surface area contributed by atoms with Crippen molar-refractivity contribution < 1.29 is 19.1 Å². The summed E-state index contributed by atoms with van der Waals surface area (Å²) in [6.07, 6.45) is 0. The van der Waals surface area contributed by atoms with Crippen LogP contribution < -0.4 is 0 Å². The van der Waals surface area contributed by atoms with Crippen molar-refractivity contribution >= 4 is 40.8 Å². The largest absolute Gasteiger partial charge is 0.454 e. The van der Waals surface area contributed by atoms with Crippen molar-refractivity contribution in [3.05, 3.63) is 45.9 Å². The summed E-state index contributed by atoms with van der Waals surface area (Å²) < 4.78 is 5.12. The number of hydrogen-bond acceptors (Lipinski definition) is 8. The Morgan fingerprint density at radius 2 is 2.04 bits per heavy atom. The van der Waals surface area contributed by atoms with Crippen LogP contribution >= 0.6 is 23.1 Å². The third-order valence-electron chi connectivity index (χ3n) is 3.64. The van der Waals surface area contributed by atoms with Crippen LogP contribution in [0.1, 0.15) is 27.0 Å². The summed E-state index contributed by atoms with van der Waals surface area (Å²) in [5.74, 6) is -2.18. The van der Waals surface area contributed by atoms with Gasteiger partial charge in [-0.25, -0.2) is 9.78 Å². The number of amides is 1. The van der Waals surface area contributed by atoms with E-state index in [-0.39, 0.29) is 17.2 Å². The number of carbonyl (C=O) groups excluding carboxylic acids is 3. The highest BCUT2D eigenvalue weighted by Gasteiger charge is 2.25. The van der Waals surface area contributed by atoms with Crippen molar-refractivity contribution in [2.45, 2.75) is 17.7 Å². The van der Waals surface area contributed by atoms with E-state index in [0.717, 1.165) is 5.69 Å². The number of hydrogen-bond donors (Lipinski definition) is 0. The average molecular weight is 418 g/mol. The Morgan fingerprint density at radius 1 is 1.32 bits per heavy atom. The SMILES string of the molecule is Cc1csc([C@H](C#N)C(=O)COC(=O)c2ccccc2SCC(=O)N(C)C)n1. The van der Waals surface area contributed by atoms with Crippen LogP contribution in [0.3, 0.4) is 0 Å². The number of ether oxygens (including phenoxy) is 1. The van der Waals surface area contributed by atoms with Gasteiger partial charge in [0, 0.05) is 30.1 Å². The number of nitriles is 1. The second-order valence-electron chi connectivity index (χ2n) is 6.00.